The van der Waals surface area contributed by atoms with Gasteiger partial charge < -0.3 is 10.1 Å². The van der Waals surface area contributed by atoms with Crippen LogP contribution < -0.4 is 10.1 Å². The molecule has 0 saturated heterocycles. The molecule has 0 aliphatic heterocycles. The number of nitrogens with one attached hydrogen (secondary N) is 1. The van der Waals surface area contributed by atoms with Crippen molar-refractivity contribution in [1.82, 2.24) is 4.98 Å². The van der Waals surface area contributed by atoms with Gasteiger partial charge in [-0.05, 0) is 43.7 Å². The highest BCUT2D eigenvalue weighted by Gasteiger charge is 2.26. The number of carbonyl (C=O) groups excluding carboxylic acids is 1. The molecule has 4 heteroatoms. The summed E-state index contributed by atoms with van der Waals surface area (Å²) in [5, 5.41) is 4.08. The molecule has 25 heavy (non-hydrogen) atoms. The Kier molecular flexibility index (Phi) is 5.90. The van der Waals surface area contributed by atoms with E-state index >= 15 is 0 Å². The number of unbranched alkanes of at least 4 members (excludes halogenated alkanes) is 1. The van der Waals surface area contributed by atoms with Gasteiger partial charge in [0.05, 0.1) is 18.3 Å². The number of methoxy groups -OCH3 is 1. The molecule has 1 saturated carbocycles. The number of amides is 1. The Morgan fingerprint density at radius 3 is 2.80 bits per heavy atom. The van der Waals surface area contributed by atoms with Gasteiger partial charge in [0.15, 0.2) is 0 Å². The maximum Gasteiger partial charge on any atom is 0.227 e. The molecular formula is C21H28N2O2. The summed E-state index contributed by atoms with van der Waals surface area (Å²) in [7, 11) is 1.64. The largest absolute Gasteiger partial charge is 0.497 e. The summed E-state index contributed by atoms with van der Waals surface area (Å²) in [6, 6.07) is 7.68. The Labute approximate surface area is 150 Å². The van der Waals surface area contributed by atoms with Crippen LogP contribution in [-0.2, 0) is 4.79 Å². The van der Waals surface area contributed by atoms with Crippen molar-refractivity contribution in [3.8, 4) is 5.75 Å². The lowest BCUT2D eigenvalue weighted by molar-refractivity contribution is -0.121. The highest BCUT2D eigenvalue weighted by molar-refractivity contribution is 6.01. The lowest BCUT2D eigenvalue weighted by Crippen LogP contribution is -2.27. The molecule has 0 spiro atoms. The van der Waals surface area contributed by atoms with Crippen LogP contribution in [0.4, 0.5) is 5.69 Å². The Balaban J connectivity index is 1.68. The average Bonchev–Trinajstić information content (AvgIpc) is 2.66. The van der Waals surface area contributed by atoms with E-state index in [1.807, 2.05) is 24.3 Å². The molecule has 1 aromatic carbocycles. The summed E-state index contributed by atoms with van der Waals surface area (Å²) in [4.78, 5) is 17.2. The highest BCUT2D eigenvalue weighted by Crippen LogP contribution is 2.34. The van der Waals surface area contributed by atoms with E-state index in [1.54, 1.807) is 13.3 Å². The van der Waals surface area contributed by atoms with Gasteiger partial charge in [-0.3, -0.25) is 9.78 Å². The first kappa shape index (κ1) is 17.7. The number of pyridine rings is 1. The van der Waals surface area contributed by atoms with E-state index < -0.39 is 0 Å². The van der Waals surface area contributed by atoms with Gasteiger partial charge in [-0.2, -0.15) is 0 Å². The van der Waals surface area contributed by atoms with E-state index in [4.69, 9.17) is 4.74 Å². The minimum Gasteiger partial charge on any atom is -0.497 e. The number of aromatic nitrogens is 1. The summed E-state index contributed by atoms with van der Waals surface area (Å²) in [5.41, 5.74) is 1.56. The Morgan fingerprint density at radius 2 is 2.08 bits per heavy atom. The predicted molar refractivity (Wildman–Crippen MR) is 102 cm³/mol. The van der Waals surface area contributed by atoms with Gasteiger partial charge in [-0.15, -0.1) is 0 Å². The minimum absolute atomic E-state index is 0.114. The molecule has 1 heterocycles. The Bertz CT molecular complexity index is 721. The SMILES string of the molecule is CCCCC1CCC(C(=O)Nc2cc(OC)cc3cccnc23)CC1. The third kappa shape index (κ3) is 4.30. The second-order valence-electron chi connectivity index (χ2n) is 7.10. The van der Waals surface area contributed by atoms with E-state index in [9.17, 15) is 4.79 Å². The molecule has 2 aromatic rings. The van der Waals surface area contributed by atoms with Crippen LogP contribution in [0.1, 0.15) is 51.9 Å². The van der Waals surface area contributed by atoms with Crippen LogP contribution in [0.3, 0.4) is 0 Å². The van der Waals surface area contributed by atoms with Crippen molar-refractivity contribution in [3.05, 3.63) is 30.5 Å². The van der Waals surface area contributed by atoms with E-state index in [2.05, 4.69) is 17.2 Å². The number of rotatable bonds is 6. The van der Waals surface area contributed by atoms with Crippen molar-refractivity contribution in [3.63, 3.8) is 0 Å². The van der Waals surface area contributed by atoms with Gasteiger partial charge in [0.2, 0.25) is 5.91 Å². The zero-order chi connectivity index (χ0) is 17.6. The second-order valence-corrected chi connectivity index (χ2v) is 7.10. The lowest BCUT2D eigenvalue weighted by Gasteiger charge is -2.27. The topological polar surface area (TPSA) is 51.2 Å². The Hall–Kier alpha value is -2.10. The fourth-order valence-electron chi connectivity index (χ4n) is 3.82. The third-order valence-electron chi connectivity index (χ3n) is 5.36. The maximum atomic E-state index is 12.8. The van der Waals surface area contributed by atoms with Crippen LogP contribution in [0.15, 0.2) is 30.5 Å². The van der Waals surface area contributed by atoms with Crippen LogP contribution in [0.5, 0.6) is 5.75 Å². The number of nitrogens with zero attached hydrogens (tertiary/aromatic N) is 1. The molecule has 1 aromatic heterocycles. The standard InChI is InChI=1S/C21H28N2O2/c1-3-4-6-15-8-10-16(11-9-15)21(24)23-19-14-18(25-2)13-17-7-5-12-22-20(17)19/h5,7,12-16H,3-4,6,8-11H2,1-2H3,(H,23,24). The van der Waals surface area contributed by atoms with Crippen molar-refractivity contribution >= 4 is 22.5 Å². The van der Waals surface area contributed by atoms with Gasteiger partial charge >= 0.3 is 0 Å². The molecular weight excluding hydrogens is 312 g/mol. The van der Waals surface area contributed by atoms with E-state index in [1.165, 1.54) is 32.1 Å². The van der Waals surface area contributed by atoms with Crippen molar-refractivity contribution in [2.24, 2.45) is 11.8 Å². The van der Waals surface area contributed by atoms with E-state index in [0.717, 1.165) is 41.1 Å². The number of benzene rings is 1. The maximum absolute atomic E-state index is 12.8. The van der Waals surface area contributed by atoms with Crippen molar-refractivity contribution in [2.45, 2.75) is 51.9 Å². The first-order valence-corrected chi connectivity index (χ1v) is 9.45. The van der Waals surface area contributed by atoms with Crippen LogP contribution in [0.25, 0.3) is 10.9 Å². The van der Waals surface area contributed by atoms with Crippen molar-refractivity contribution < 1.29 is 9.53 Å². The highest BCUT2D eigenvalue weighted by atomic mass is 16.5. The molecule has 3 rings (SSSR count). The molecule has 1 N–H and O–H groups in total. The molecule has 134 valence electrons. The molecule has 1 aliphatic carbocycles. The zero-order valence-electron chi connectivity index (χ0n) is 15.3. The predicted octanol–water partition coefficient (Wildman–Crippen LogP) is 5.18. The minimum atomic E-state index is 0.114. The summed E-state index contributed by atoms with van der Waals surface area (Å²) in [6.45, 7) is 2.24. The van der Waals surface area contributed by atoms with Crippen LogP contribution in [-0.4, -0.2) is 18.0 Å². The van der Waals surface area contributed by atoms with Crippen molar-refractivity contribution in [2.75, 3.05) is 12.4 Å². The molecule has 0 bridgehead atoms. The molecule has 0 unspecified atom stereocenters. The molecule has 1 aliphatic rings. The Morgan fingerprint density at radius 1 is 1.28 bits per heavy atom. The number of hydrogen-bond donors (Lipinski definition) is 1. The zero-order valence-corrected chi connectivity index (χ0v) is 15.3. The number of hydrogen-bond acceptors (Lipinski definition) is 3. The lowest BCUT2D eigenvalue weighted by atomic mass is 9.79. The molecule has 1 amide bonds. The van der Waals surface area contributed by atoms with E-state index in [0.29, 0.717) is 0 Å². The van der Waals surface area contributed by atoms with Gasteiger partial charge in [-0.25, -0.2) is 0 Å². The first-order chi connectivity index (χ1) is 12.2. The number of fused-ring (bicyclic) bond motifs is 1. The number of carbonyl (C=O) groups is 1. The number of anilines is 1. The summed E-state index contributed by atoms with van der Waals surface area (Å²) in [6.07, 6.45) is 9.98. The quantitative estimate of drug-likeness (QED) is 0.788. The fourth-order valence-corrected chi connectivity index (χ4v) is 3.82. The first-order valence-electron chi connectivity index (χ1n) is 9.45. The van der Waals surface area contributed by atoms with Gasteiger partial charge in [0.25, 0.3) is 0 Å². The molecule has 0 atom stereocenters. The fraction of sp³-hybridized carbons (Fsp3) is 0.524. The molecule has 0 radical (unpaired) electrons. The summed E-state index contributed by atoms with van der Waals surface area (Å²) in [5.74, 6) is 1.78. The summed E-state index contributed by atoms with van der Waals surface area (Å²) < 4.78 is 5.36. The smallest absolute Gasteiger partial charge is 0.227 e. The monoisotopic (exact) mass is 340 g/mol. The summed E-state index contributed by atoms with van der Waals surface area (Å²) >= 11 is 0. The molecule has 1 fully saturated rings. The van der Waals surface area contributed by atoms with Gasteiger partial charge in [-0.1, -0.05) is 32.3 Å². The normalized spacial score (nSPS) is 20.4. The van der Waals surface area contributed by atoms with E-state index in [-0.39, 0.29) is 11.8 Å². The van der Waals surface area contributed by atoms with Crippen LogP contribution >= 0.6 is 0 Å². The van der Waals surface area contributed by atoms with Crippen molar-refractivity contribution in [1.29, 1.82) is 0 Å². The second kappa shape index (κ2) is 8.32. The van der Waals surface area contributed by atoms with Crippen LogP contribution in [0, 0.1) is 11.8 Å². The molecule has 4 nitrogen and oxygen atoms in total. The average molecular weight is 340 g/mol. The van der Waals surface area contributed by atoms with Crippen LogP contribution in [0.2, 0.25) is 0 Å². The number of ether oxygens (including phenoxy) is 1. The van der Waals surface area contributed by atoms with Gasteiger partial charge in [0, 0.05) is 23.6 Å². The third-order valence-corrected chi connectivity index (χ3v) is 5.36. The van der Waals surface area contributed by atoms with Gasteiger partial charge in [0.1, 0.15) is 5.75 Å².